The van der Waals surface area contributed by atoms with Crippen molar-refractivity contribution in [3.05, 3.63) is 50.7 Å². The van der Waals surface area contributed by atoms with Crippen molar-refractivity contribution >= 4 is 28.8 Å². The minimum Gasteiger partial charge on any atom is -0.506 e. The fourth-order valence-corrected chi connectivity index (χ4v) is 4.99. The number of carbonyl (C=O) groups excluding carboxylic acids is 1. The Morgan fingerprint density at radius 1 is 1.32 bits per heavy atom. The van der Waals surface area contributed by atoms with Gasteiger partial charge in [0.2, 0.25) is 5.91 Å². The maximum atomic E-state index is 12.6. The Bertz CT molecular complexity index is 796. The normalized spacial score (nSPS) is 19.0. The van der Waals surface area contributed by atoms with Gasteiger partial charge in [-0.25, -0.2) is 0 Å². The number of halogens is 1. The molecule has 1 aromatic heterocycles. The molecule has 0 atom stereocenters. The first-order chi connectivity index (χ1) is 12.1. The lowest BCUT2D eigenvalue weighted by atomic mass is 9.82. The number of ether oxygens (including phenoxy) is 1. The fourth-order valence-electron chi connectivity index (χ4n) is 3.83. The molecule has 1 N–H and O–H groups in total. The summed E-state index contributed by atoms with van der Waals surface area (Å²) in [7, 11) is 0. The number of thiophene rings is 1. The quantitative estimate of drug-likeness (QED) is 0.867. The summed E-state index contributed by atoms with van der Waals surface area (Å²) in [5.41, 5.74) is 1.95. The van der Waals surface area contributed by atoms with Crippen LogP contribution in [0.25, 0.3) is 0 Å². The second-order valence-electron chi connectivity index (χ2n) is 6.69. The topological polar surface area (TPSA) is 49.8 Å². The summed E-state index contributed by atoms with van der Waals surface area (Å²) in [5, 5.41) is 11.9. The summed E-state index contributed by atoms with van der Waals surface area (Å²) in [6.07, 6.45) is 2.99. The number of fused-ring (bicyclic) bond motifs is 2. The first kappa shape index (κ1) is 16.9. The van der Waals surface area contributed by atoms with Gasteiger partial charge in [-0.1, -0.05) is 17.7 Å². The van der Waals surface area contributed by atoms with Gasteiger partial charge in [-0.05, 0) is 47.5 Å². The standard InChI is InChI=1S/C19H20ClNO3S/c20-15-11-13(1-2-16(15)22)12-18(23)21-7-5-19(6-8-21)14-4-10-25-17(14)3-9-24-19/h1-2,4,10-11,22H,3,5-9,12H2. The highest BCUT2D eigenvalue weighted by Gasteiger charge is 2.42. The van der Waals surface area contributed by atoms with Gasteiger partial charge in [-0.2, -0.15) is 0 Å². The molecule has 0 radical (unpaired) electrons. The Morgan fingerprint density at radius 3 is 2.88 bits per heavy atom. The molecule has 6 heteroatoms. The van der Waals surface area contributed by atoms with Crippen molar-refractivity contribution in [2.24, 2.45) is 0 Å². The number of aromatic hydroxyl groups is 1. The number of rotatable bonds is 2. The number of phenolic OH excluding ortho intramolecular Hbond substituents is 1. The summed E-state index contributed by atoms with van der Waals surface area (Å²) in [4.78, 5) is 16.0. The highest BCUT2D eigenvalue weighted by Crippen LogP contribution is 2.43. The van der Waals surface area contributed by atoms with Crippen molar-refractivity contribution in [1.82, 2.24) is 4.90 Å². The Hall–Kier alpha value is -1.56. The molecule has 25 heavy (non-hydrogen) atoms. The van der Waals surface area contributed by atoms with E-state index in [1.165, 1.54) is 16.5 Å². The SMILES string of the molecule is O=C(Cc1ccc(O)c(Cl)c1)N1CCC2(CC1)OCCc1sccc12. The lowest BCUT2D eigenvalue weighted by Crippen LogP contribution is -2.48. The van der Waals surface area contributed by atoms with Gasteiger partial charge in [-0.3, -0.25) is 4.79 Å². The average molecular weight is 378 g/mol. The number of phenols is 1. The van der Waals surface area contributed by atoms with E-state index >= 15 is 0 Å². The van der Waals surface area contributed by atoms with Crippen molar-refractivity contribution in [3.63, 3.8) is 0 Å². The molecular formula is C19H20ClNO3S. The molecule has 132 valence electrons. The third-order valence-corrected chi connectivity index (χ3v) is 6.52. The molecule has 1 spiro atoms. The molecule has 2 aliphatic rings. The van der Waals surface area contributed by atoms with Crippen LogP contribution in [-0.2, 0) is 28.0 Å². The van der Waals surface area contributed by atoms with E-state index in [9.17, 15) is 9.90 Å². The Morgan fingerprint density at radius 2 is 2.12 bits per heavy atom. The minimum absolute atomic E-state index is 0.0406. The predicted molar refractivity (Wildman–Crippen MR) is 98.3 cm³/mol. The molecule has 4 rings (SSSR count). The molecule has 0 aliphatic carbocycles. The summed E-state index contributed by atoms with van der Waals surface area (Å²) in [5.74, 6) is 0.136. The zero-order chi connectivity index (χ0) is 17.4. The van der Waals surface area contributed by atoms with E-state index in [4.69, 9.17) is 16.3 Å². The van der Waals surface area contributed by atoms with Crippen molar-refractivity contribution < 1.29 is 14.6 Å². The van der Waals surface area contributed by atoms with Gasteiger partial charge in [0.25, 0.3) is 0 Å². The van der Waals surface area contributed by atoms with E-state index in [2.05, 4.69) is 11.4 Å². The molecule has 0 saturated carbocycles. The van der Waals surface area contributed by atoms with Crippen LogP contribution < -0.4 is 0 Å². The van der Waals surface area contributed by atoms with E-state index in [0.29, 0.717) is 19.5 Å². The van der Waals surface area contributed by atoms with Gasteiger partial charge in [0, 0.05) is 24.4 Å². The maximum Gasteiger partial charge on any atom is 0.226 e. The fraction of sp³-hybridized carbons (Fsp3) is 0.421. The van der Waals surface area contributed by atoms with E-state index < -0.39 is 0 Å². The molecule has 1 saturated heterocycles. The van der Waals surface area contributed by atoms with Gasteiger partial charge in [0.05, 0.1) is 23.7 Å². The lowest BCUT2D eigenvalue weighted by molar-refractivity contribution is -0.139. The molecule has 2 aromatic rings. The Labute approximate surface area is 156 Å². The zero-order valence-electron chi connectivity index (χ0n) is 13.8. The van der Waals surface area contributed by atoms with Crippen LogP contribution in [0.1, 0.15) is 28.8 Å². The second kappa shape index (κ2) is 6.63. The van der Waals surface area contributed by atoms with Crippen molar-refractivity contribution in [1.29, 1.82) is 0 Å². The number of benzene rings is 1. The van der Waals surface area contributed by atoms with Crippen LogP contribution in [0, 0.1) is 0 Å². The molecule has 1 aromatic carbocycles. The van der Waals surface area contributed by atoms with Crippen LogP contribution in [0.2, 0.25) is 5.02 Å². The van der Waals surface area contributed by atoms with Gasteiger partial charge in [-0.15, -0.1) is 11.3 Å². The largest absolute Gasteiger partial charge is 0.506 e. The van der Waals surface area contributed by atoms with Gasteiger partial charge < -0.3 is 14.7 Å². The number of likely N-dealkylation sites (tertiary alicyclic amines) is 1. The predicted octanol–water partition coefficient (Wildman–Crippen LogP) is 3.74. The highest BCUT2D eigenvalue weighted by molar-refractivity contribution is 7.10. The van der Waals surface area contributed by atoms with Crippen molar-refractivity contribution in [2.45, 2.75) is 31.3 Å². The van der Waals surface area contributed by atoms with Crippen LogP contribution in [0.15, 0.2) is 29.6 Å². The summed E-state index contributed by atoms with van der Waals surface area (Å²) < 4.78 is 6.19. The first-order valence-electron chi connectivity index (χ1n) is 8.53. The molecule has 1 amide bonds. The molecule has 2 aliphatic heterocycles. The van der Waals surface area contributed by atoms with Crippen molar-refractivity contribution in [3.8, 4) is 5.75 Å². The molecule has 1 fully saturated rings. The minimum atomic E-state index is -0.202. The van der Waals surface area contributed by atoms with Crippen LogP contribution in [-0.4, -0.2) is 35.6 Å². The van der Waals surface area contributed by atoms with Gasteiger partial charge >= 0.3 is 0 Å². The van der Waals surface area contributed by atoms with Crippen LogP contribution in [0.4, 0.5) is 0 Å². The Kier molecular flexibility index (Phi) is 4.48. The highest BCUT2D eigenvalue weighted by atomic mass is 35.5. The van der Waals surface area contributed by atoms with Gasteiger partial charge in [0.1, 0.15) is 5.75 Å². The maximum absolute atomic E-state index is 12.6. The summed E-state index contributed by atoms with van der Waals surface area (Å²) in [6, 6.07) is 7.12. The first-order valence-corrected chi connectivity index (χ1v) is 9.79. The van der Waals surface area contributed by atoms with Crippen LogP contribution >= 0.6 is 22.9 Å². The second-order valence-corrected chi connectivity index (χ2v) is 8.10. The van der Waals surface area contributed by atoms with Crippen LogP contribution in [0.3, 0.4) is 0 Å². The molecular weight excluding hydrogens is 358 g/mol. The van der Waals surface area contributed by atoms with Gasteiger partial charge in [0.15, 0.2) is 0 Å². The number of nitrogens with zero attached hydrogens (tertiary/aromatic N) is 1. The number of carbonyl (C=O) groups is 1. The number of piperidine rings is 1. The Balaban J connectivity index is 1.42. The summed E-state index contributed by atoms with van der Waals surface area (Å²) in [6.45, 7) is 2.19. The summed E-state index contributed by atoms with van der Waals surface area (Å²) >= 11 is 7.74. The number of hydrogen-bond acceptors (Lipinski definition) is 4. The van der Waals surface area contributed by atoms with Crippen molar-refractivity contribution in [2.75, 3.05) is 19.7 Å². The molecule has 4 nitrogen and oxygen atoms in total. The third-order valence-electron chi connectivity index (χ3n) is 5.24. The van der Waals surface area contributed by atoms with E-state index in [1.54, 1.807) is 12.1 Å². The van der Waals surface area contributed by atoms with E-state index in [0.717, 1.165) is 31.4 Å². The molecule has 0 unspecified atom stereocenters. The van der Waals surface area contributed by atoms with Crippen LogP contribution in [0.5, 0.6) is 5.75 Å². The molecule has 3 heterocycles. The smallest absolute Gasteiger partial charge is 0.226 e. The number of amides is 1. The van der Waals surface area contributed by atoms with E-state index in [1.807, 2.05) is 16.2 Å². The average Bonchev–Trinajstić information content (AvgIpc) is 3.09. The number of hydrogen-bond donors (Lipinski definition) is 1. The zero-order valence-corrected chi connectivity index (χ0v) is 15.4. The monoisotopic (exact) mass is 377 g/mol. The third kappa shape index (κ3) is 3.16. The lowest BCUT2D eigenvalue weighted by Gasteiger charge is -2.44. The molecule has 0 bridgehead atoms. The van der Waals surface area contributed by atoms with E-state index in [-0.39, 0.29) is 22.3 Å².